The fourth-order valence-electron chi connectivity index (χ4n) is 6.13. The normalized spacial score (nSPS) is 46.2. The summed E-state index contributed by atoms with van der Waals surface area (Å²) in [5.41, 5.74) is -0.611. The van der Waals surface area contributed by atoms with E-state index < -0.39 is 19.5 Å². The van der Waals surface area contributed by atoms with Crippen LogP contribution in [0, 0.1) is 23.2 Å². The summed E-state index contributed by atoms with van der Waals surface area (Å²) in [6, 6.07) is 0. The Morgan fingerprint density at radius 2 is 2.00 bits per heavy atom. The average molecular weight is 366 g/mol. The maximum absolute atomic E-state index is 11.7. The Labute approximate surface area is 147 Å². The van der Waals surface area contributed by atoms with Gasteiger partial charge in [-0.15, -0.1) is 0 Å². The average Bonchev–Trinajstić information content (AvgIpc) is 2.83. The number of carbonyl (C=O) groups excluding carboxylic acids is 1. The van der Waals surface area contributed by atoms with E-state index in [1.807, 2.05) is 6.92 Å². The van der Waals surface area contributed by atoms with Gasteiger partial charge in [-0.1, -0.05) is 6.92 Å². The molecule has 0 radical (unpaired) electrons. The van der Waals surface area contributed by atoms with Crippen LogP contribution in [0.3, 0.4) is 0 Å². The zero-order valence-corrected chi connectivity index (χ0v) is 15.1. The van der Waals surface area contributed by atoms with Gasteiger partial charge in [-0.3, -0.25) is 4.79 Å². The van der Waals surface area contributed by atoms with Crippen LogP contribution in [0.25, 0.3) is 0 Å². The molecule has 0 aromatic heterocycles. The third-order valence-electron chi connectivity index (χ3n) is 7.25. The van der Waals surface area contributed by atoms with Crippen LogP contribution in [-0.4, -0.2) is 22.6 Å². The van der Waals surface area contributed by atoms with Crippen LogP contribution in [0.1, 0.15) is 45.4 Å². The van der Waals surface area contributed by atoms with Crippen molar-refractivity contribution in [2.75, 3.05) is 0 Å². The highest BCUT2D eigenvalue weighted by Crippen LogP contribution is 2.63. The second kappa shape index (κ2) is 5.61. The molecule has 4 rings (SSSR count). The lowest BCUT2D eigenvalue weighted by atomic mass is 9.51. The smallest absolute Gasteiger partial charge is 0.178 e. The highest BCUT2D eigenvalue weighted by molar-refractivity contribution is 7.43. The van der Waals surface area contributed by atoms with E-state index in [1.165, 1.54) is 6.08 Å². The van der Waals surface area contributed by atoms with Crippen LogP contribution in [0.15, 0.2) is 23.8 Å². The maximum Gasteiger partial charge on any atom is 0.178 e. The Balaban J connectivity index is 1.62. The van der Waals surface area contributed by atoms with E-state index in [-0.39, 0.29) is 29.0 Å². The lowest BCUT2D eigenvalue weighted by Crippen LogP contribution is -2.54. The molecular formula is C18H23O6P-2. The van der Waals surface area contributed by atoms with Crippen molar-refractivity contribution < 1.29 is 28.8 Å². The molecule has 3 fully saturated rings. The predicted molar refractivity (Wildman–Crippen MR) is 85.9 cm³/mol. The SMILES string of the molecule is C[C@]12CCC3C(CCC4=CC(=O)C=C[C@@]43O)C1CCC2OP(=O)([O-])[O-]. The molecule has 4 aliphatic carbocycles. The molecule has 7 heteroatoms. The number of hydrogen-bond donors (Lipinski definition) is 1. The van der Waals surface area contributed by atoms with Gasteiger partial charge in [-0.25, -0.2) is 0 Å². The molecule has 25 heavy (non-hydrogen) atoms. The van der Waals surface area contributed by atoms with Crippen LogP contribution in [0.5, 0.6) is 0 Å². The minimum absolute atomic E-state index is 0.0278. The maximum atomic E-state index is 11.7. The van der Waals surface area contributed by atoms with Crippen LogP contribution >= 0.6 is 7.82 Å². The second-order valence-electron chi connectivity index (χ2n) is 8.31. The van der Waals surface area contributed by atoms with Gasteiger partial charge >= 0.3 is 0 Å². The number of phosphoric acid groups is 1. The van der Waals surface area contributed by atoms with Crippen molar-refractivity contribution in [1.82, 2.24) is 0 Å². The van der Waals surface area contributed by atoms with Gasteiger partial charge in [-0.2, -0.15) is 0 Å². The van der Waals surface area contributed by atoms with Gasteiger partial charge in [0, 0.05) is 0 Å². The monoisotopic (exact) mass is 366 g/mol. The number of phosphoric ester groups is 1. The van der Waals surface area contributed by atoms with Gasteiger partial charge in [0.2, 0.25) is 0 Å². The molecule has 0 spiro atoms. The predicted octanol–water partition coefficient (Wildman–Crippen LogP) is 1.23. The highest BCUT2D eigenvalue weighted by Gasteiger charge is 2.59. The lowest BCUT2D eigenvalue weighted by Gasteiger charge is -2.56. The fraction of sp³-hybridized carbons (Fsp3) is 0.722. The summed E-state index contributed by atoms with van der Waals surface area (Å²) in [4.78, 5) is 33.9. The van der Waals surface area contributed by atoms with E-state index >= 15 is 0 Å². The molecule has 1 N–H and O–H groups in total. The van der Waals surface area contributed by atoms with Crippen molar-refractivity contribution in [3.63, 3.8) is 0 Å². The number of rotatable bonds is 2. The summed E-state index contributed by atoms with van der Waals surface area (Å²) in [5.74, 6) is 0.416. The van der Waals surface area contributed by atoms with Crippen molar-refractivity contribution >= 4 is 13.6 Å². The molecule has 0 bridgehead atoms. The molecule has 3 saturated carbocycles. The Morgan fingerprint density at radius 3 is 2.72 bits per heavy atom. The summed E-state index contributed by atoms with van der Waals surface area (Å²) < 4.78 is 16.0. The Morgan fingerprint density at radius 1 is 1.24 bits per heavy atom. The van der Waals surface area contributed by atoms with Crippen molar-refractivity contribution in [2.24, 2.45) is 23.2 Å². The number of allylic oxidation sites excluding steroid dienone is 2. The van der Waals surface area contributed by atoms with E-state index in [9.17, 15) is 24.3 Å². The van der Waals surface area contributed by atoms with E-state index in [1.54, 1.807) is 12.2 Å². The first-order valence-electron chi connectivity index (χ1n) is 9.00. The first-order valence-corrected chi connectivity index (χ1v) is 10.5. The summed E-state index contributed by atoms with van der Waals surface area (Å²) in [5, 5.41) is 11.3. The molecule has 0 aromatic carbocycles. The van der Waals surface area contributed by atoms with Gasteiger partial charge in [0.05, 0.1) is 13.9 Å². The third-order valence-corrected chi connectivity index (χ3v) is 7.76. The van der Waals surface area contributed by atoms with Crippen molar-refractivity contribution in [3.05, 3.63) is 23.8 Å². The van der Waals surface area contributed by atoms with Crippen molar-refractivity contribution in [1.29, 1.82) is 0 Å². The fourth-order valence-corrected chi connectivity index (χ4v) is 6.78. The molecular weight excluding hydrogens is 343 g/mol. The van der Waals surface area contributed by atoms with Crippen molar-refractivity contribution in [2.45, 2.75) is 57.2 Å². The van der Waals surface area contributed by atoms with E-state index in [0.717, 1.165) is 24.8 Å². The molecule has 6 atom stereocenters. The summed E-state index contributed by atoms with van der Waals surface area (Å²) in [6.45, 7) is 2.02. The molecule has 0 saturated heterocycles. The standard InChI is InChI=1S/C18H25O6P/c1-17-8-7-15-13(14(17)4-5-16(17)24-25(21,22)23)3-2-11-10-12(19)6-9-18(11,15)20/h6,9-10,13-16,20H,2-5,7-8H2,1H3,(H2,21,22,23)/p-2/t13?,14?,15?,16?,17-,18+/m0/s1. The molecule has 4 unspecified atom stereocenters. The number of carbonyl (C=O) groups is 1. The molecule has 4 aliphatic rings. The molecule has 0 amide bonds. The van der Waals surface area contributed by atoms with Crippen LogP contribution in [0.2, 0.25) is 0 Å². The summed E-state index contributed by atoms with van der Waals surface area (Å²) >= 11 is 0. The van der Waals surface area contributed by atoms with Gasteiger partial charge < -0.3 is 24.0 Å². The van der Waals surface area contributed by atoms with Gasteiger partial charge in [0.1, 0.15) is 5.60 Å². The van der Waals surface area contributed by atoms with Gasteiger partial charge in [-0.05, 0) is 85.5 Å². The quantitative estimate of drug-likeness (QED) is 0.736. The summed E-state index contributed by atoms with van der Waals surface area (Å²) in [6.07, 6.45) is 8.46. The Kier molecular flexibility index (Phi) is 3.95. The number of ketones is 1. The minimum Gasteiger partial charge on any atom is -0.790 e. The molecule has 0 heterocycles. The highest BCUT2D eigenvalue weighted by atomic mass is 31.2. The molecule has 6 nitrogen and oxygen atoms in total. The number of aliphatic hydroxyl groups is 1. The van der Waals surface area contributed by atoms with Crippen LogP contribution in [0.4, 0.5) is 0 Å². The second-order valence-corrected chi connectivity index (χ2v) is 9.41. The largest absolute Gasteiger partial charge is 0.790 e. The van der Waals surface area contributed by atoms with Gasteiger partial charge in [0.15, 0.2) is 5.78 Å². The van der Waals surface area contributed by atoms with Gasteiger partial charge in [0.25, 0.3) is 0 Å². The van der Waals surface area contributed by atoms with Crippen LogP contribution < -0.4 is 9.79 Å². The van der Waals surface area contributed by atoms with E-state index in [0.29, 0.717) is 19.3 Å². The van der Waals surface area contributed by atoms with Crippen LogP contribution in [-0.2, 0) is 13.9 Å². The van der Waals surface area contributed by atoms with E-state index in [4.69, 9.17) is 4.52 Å². The summed E-state index contributed by atoms with van der Waals surface area (Å²) in [7, 11) is -5.01. The van der Waals surface area contributed by atoms with E-state index in [2.05, 4.69) is 0 Å². The zero-order chi connectivity index (χ0) is 18.0. The zero-order valence-electron chi connectivity index (χ0n) is 14.2. The molecule has 138 valence electrons. The lowest BCUT2D eigenvalue weighted by molar-refractivity contribution is -0.347. The number of hydrogen-bond acceptors (Lipinski definition) is 6. The third kappa shape index (κ3) is 2.70. The number of fused-ring (bicyclic) bond motifs is 5. The Bertz CT molecular complexity index is 708. The minimum atomic E-state index is -5.01. The van der Waals surface area contributed by atoms with Crippen molar-refractivity contribution in [3.8, 4) is 0 Å². The topological polar surface area (TPSA) is 110 Å². The molecule has 0 aromatic rings. The first-order chi connectivity index (χ1) is 11.6. The first kappa shape index (κ1) is 17.6. The Hall–Kier alpha value is -0.780. The molecule has 0 aliphatic heterocycles.